The third-order valence-corrected chi connectivity index (χ3v) is 5.19. The molecule has 1 fully saturated rings. The number of amides is 2. The van der Waals surface area contributed by atoms with Crippen LogP contribution in [0.2, 0.25) is 0 Å². The summed E-state index contributed by atoms with van der Waals surface area (Å²) >= 11 is 1.39. The topological polar surface area (TPSA) is 122 Å². The number of β-lactam (4-membered cyclic amide) rings is 1. The summed E-state index contributed by atoms with van der Waals surface area (Å²) in [6, 6.07) is -0.859. The Labute approximate surface area is 159 Å². The predicted octanol–water partition coefficient (Wildman–Crippen LogP) is 1.18. The molecule has 2 aliphatic rings. The quantitative estimate of drug-likeness (QED) is 0.578. The van der Waals surface area contributed by atoms with Crippen LogP contribution in [0.4, 0.5) is 0 Å². The predicted molar refractivity (Wildman–Crippen MR) is 95.6 cm³/mol. The first-order valence-electron chi connectivity index (χ1n) is 8.12. The second kappa shape index (κ2) is 6.76. The standard InChI is InChI=1S/C17H19N3O6S/c1-5-8-7-27-15-11(18-13(22)10-9(21)6-25-19-10)14(23)20(15)12(8)16(24)26-17(2,3)4/h5-6,11,15,21H,1,7H2,2-4H3,(H,18,22). The van der Waals surface area contributed by atoms with Crippen LogP contribution in [0.15, 0.2) is 34.7 Å². The van der Waals surface area contributed by atoms with Gasteiger partial charge in [-0.25, -0.2) is 4.79 Å². The lowest BCUT2D eigenvalue weighted by molar-refractivity contribution is -0.158. The van der Waals surface area contributed by atoms with E-state index in [0.29, 0.717) is 11.3 Å². The fourth-order valence-corrected chi connectivity index (χ4v) is 4.05. The van der Waals surface area contributed by atoms with Crippen molar-refractivity contribution in [3.8, 4) is 5.75 Å². The molecule has 0 radical (unpaired) electrons. The van der Waals surface area contributed by atoms with Crippen molar-refractivity contribution >= 4 is 29.5 Å². The number of rotatable bonds is 4. The fraction of sp³-hybridized carbons (Fsp3) is 0.412. The van der Waals surface area contributed by atoms with Gasteiger partial charge in [-0.15, -0.1) is 11.8 Å². The van der Waals surface area contributed by atoms with Gasteiger partial charge in [0.05, 0.1) is 0 Å². The van der Waals surface area contributed by atoms with Gasteiger partial charge in [-0.2, -0.15) is 0 Å². The van der Waals surface area contributed by atoms with Crippen LogP contribution in [0.1, 0.15) is 31.3 Å². The minimum absolute atomic E-state index is 0.142. The summed E-state index contributed by atoms with van der Waals surface area (Å²) in [5, 5.41) is 15.0. The number of nitrogens with zero attached hydrogens (tertiary/aromatic N) is 2. The van der Waals surface area contributed by atoms with Crippen molar-refractivity contribution in [2.45, 2.75) is 37.8 Å². The number of carbonyl (C=O) groups is 3. The van der Waals surface area contributed by atoms with Crippen molar-refractivity contribution < 1.29 is 28.8 Å². The number of esters is 1. The molecular weight excluding hydrogens is 374 g/mol. The molecule has 144 valence electrons. The zero-order chi connectivity index (χ0) is 19.9. The first-order valence-corrected chi connectivity index (χ1v) is 9.16. The van der Waals surface area contributed by atoms with E-state index in [4.69, 9.17) is 4.74 Å². The molecule has 9 nitrogen and oxygen atoms in total. The van der Waals surface area contributed by atoms with E-state index in [1.54, 1.807) is 20.8 Å². The summed E-state index contributed by atoms with van der Waals surface area (Å²) in [6.45, 7) is 8.91. The average Bonchev–Trinajstić information content (AvgIpc) is 3.02. The molecule has 0 spiro atoms. The molecule has 3 rings (SSSR count). The minimum Gasteiger partial charge on any atom is -0.503 e. The fourth-order valence-electron chi connectivity index (χ4n) is 2.71. The van der Waals surface area contributed by atoms with Gasteiger partial charge in [-0.05, 0) is 26.3 Å². The minimum atomic E-state index is -0.859. The first-order chi connectivity index (χ1) is 12.6. The molecule has 0 aromatic carbocycles. The maximum absolute atomic E-state index is 12.6. The number of aromatic hydroxyl groups is 1. The Bertz CT molecular complexity index is 853. The van der Waals surface area contributed by atoms with Gasteiger partial charge >= 0.3 is 5.97 Å². The monoisotopic (exact) mass is 393 g/mol. The Hall–Kier alpha value is -2.75. The van der Waals surface area contributed by atoms with Crippen molar-refractivity contribution in [3.63, 3.8) is 0 Å². The summed E-state index contributed by atoms with van der Waals surface area (Å²) in [4.78, 5) is 38.7. The Morgan fingerprint density at radius 3 is 2.78 bits per heavy atom. The molecule has 2 atom stereocenters. The van der Waals surface area contributed by atoms with Crippen molar-refractivity contribution in [3.05, 3.63) is 35.9 Å². The molecular formula is C17H19N3O6S. The SMILES string of the molecule is C=CC1=C(C(=O)OC(C)(C)C)N2C(=O)C(NC(=O)c3nocc3O)C2SC1. The molecule has 3 heterocycles. The molecule has 2 N–H and O–H groups in total. The number of nitrogens with one attached hydrogen (secondary N) is 1. The Morgan fingerprint density at radius 1 is 1.52 bits per heavy atom. The number of hydrogen-bond acceptors (Lipinski definition) is 8. The summed E-state index contributed by atoms with van der Waals surface area (Å²) < 4.78 is 9.93. The zero-order valence-corrected chi connectivity index (χ0v) is 15.8. The Morgan fingerprint density at radius 2 is 2.22 bits per heavy atom. The maximum atomic E-state index is 12.6. The summed E-state index contributed by atoms with van der Waals surface area (Å²) in [5.41, 5.74) is -0.291. The lowest BCUT2D eigenvalue weighted by atomic mass is 10.0. The van der Waals surface area contributed by atoms with E-state index in [1.807, 2.05) is 0 Å². The van der Waals surface area contributed by atoms with E-state index >= 15 is 0 Å². The highest BCUT2D eigenvalue weighted by molar-refractivity contribution is 8.00. The van der Waals surface area contributed by atoms with Gasteiger partial charge in [0, 0.05) is 5.75 Å². The smallest absolute Gasteiger partial charge is 0.355 e. The molecule has 0 bridgehead atoms. The third kappa shape index (κ3) is 3.44. The van der Waals surface area contributed by atoms with E-state index in [0.717, 1.165) is 6.26 Å². The van der Waals surface area contributed by atoms with Gasteiger partial charge in [-0.1, -0.05) is 17.8 Å². The van der Waals surface area contributed by atoms with E-state index < -0.39 is 40.5 Å². The number of aromatic nitrogens is 1. The number of fused-ring (bicyclic) bond motifs is 1. The van der Waals surface area contributed by atoms with E-state index in [2.05, 4.69) is 21.6 Å². The number of carbonyl (C=O) groups excluding carboxylic acids is 3. The first kappa shape index (κ1) is 19.0. The summed E-state index contributed by atoms with van der Waals surface area (Å²) in [5.74, 6) is -1.79. The van der Waals surface area contributed by atoms with Crippen LogP contribution >= 0.6 is 11.8 Å². The molecule has 0 saturated carbocycles. The van der Waals surface area contributed by atoms with Crippen molar-refractivity contribution in [2.24, 2.45) is 0 Å². The van der Waals surface area contributed by atoms with E-state index in [-0.39, 0.29) is 11.4 Å². The van der Waals surface area contributed by atoms with Crippen molar-refractivity contribution in [1.82, 2.24) is 15.4 Å². The van der Waals surface area contributed by atoms with Gasteiger partial charge in [0.15, 0.2) is 12.0 Å². The molecule has 1 aromatic heterocycles. The molecule has 1 aromatic rings. The lowest BCUT2D eigenvalue weighted by Crippen LogP contribution is -2.70. The third-order valence-electron chi connectivity index (χ3n) is 3.89. The second-order valence-electron chi connectivity index (χ2n) is 6.99. The molecule has 27 heavy (non-hydrogen) atoms. The van der Waals surface area contributed by atoms with Crippen LogP contribution in [0.25, 0.3) is 0 Å². The van der Waals surface area contributed by atoms with Crippen molar-refractivity contribution in [1.29, 1.82) is 0 Å². The highest BCUT2D eigenvalue weighted by Gasteiger charge is 2.54. The number of allylic oxidation sites excluding steroid dienone is 1. The van der Waals surface area contributed by atoms with Gasteiger partial charge in [0.25, 0.3) is 11.8 Å². The summed E-state index contributed by atoms with van der Waals surface area (Å²) in [7, 11) is 0. The van der Waals surface area contributed by atoms with Crippen LogP contribution in [-0.2, 0) is 14.3 Å². The maximum Gasteiger partial charge on any atom is 0.355 e. The normalized spacial score (nSPS) is 22.0. The number of ether oxygens (including phenoxy) is 1. The van der Waals surface area contributed by atoms with Gasteiger partial charge in [-0.3, -0.25) is 14.5 Å². The molecule has 0 aliphatic carbocycles. The average molecular weight is 393 g/mol. The van der Waals surface area contributed by atoms with Crippen molar-refractivity contribution in [2.75, 3.05) is 5.75 Å². The van der Waals surface area contributed by atoms with E-state index in [1.165, 1.54) is 22.7 Å². The van der Waals surface area contributed by atoms with Gasteiger partial charge in [0.1, 0.15) is 22.7 Å². The molecule has 2 unspecified atom stereocenters. The van der Waals surface area contributed by atoms with Gasteiger partial charge in [0.2, 0.25) is 5.69 Å². The largest absolute Gasteiger partial charge is 0.503 e. The Balaban J connectivity index is 1.80. The summed E-state index contributed by atoms with van der Waals surface area (Å²) in [6.07, 6.45) is 2.44. The molecule has 1 saturated heterocycles. The lowest BCUT2D eigenvalue weighted by Gasteiger charge is -2.49. The van der Waals surface area contributed by atoms with Gasteiger partial charge < -0.3 is 19.7 Å². The van der Waals surface area contributed by atoms with Crippen LogP contribution in [0.3, 0.4) is 0 Å². The van der Waals surface area contributed by atoms with Crippen LogP contribution in [-0.4, -0.2) is 55.7 Å². The Kier molecular flexibility index (Phi) is 4.77. The highest BCUT2D eigenvalue weighted by Crippen LogP contribution is 2.41. The number of hydrogen-bond donors (Lipinski definition) is 2. The van der Waals surface area contributed by atoms with Crippen LogP contribution in [0, 0.1) is 0 Å². The van der Waals surface area contributed by atoms with Crippen LogP contribution < -0.4 is 5.32 Å². The molecule has 2 amide bonds. The highest BCUT2D eigenvalue weighted by atomic mass is 32.2. The van der Waals surface area contributed by atoms with Crippen LogP contribution in [0.5, 0.6) is 5.75 Å². The molecule has 10 heteroatoms. The van der Waals surface area contributed by atoms with E-state index in [9.17, 15) is 19.5 Å². The second-order valence-corrected chi connectivity index (χ2v) is 8.09. The number of thioether (sulfide) groups is 1. The zero-order valence-electron chi connectivity index (χ0n) is 15.0. The molecule has 2 aliphatic heterocycles.